The smallest absolute Gasteiger partial charge is 0.434 e. The van der Waals surface area contributed by atoms with Crippen molar-refractivity contribution in [3.05, 3.63) is 40.1 Å². The average Bonchev–Trinajstić information content (AvgIpc) is 2.68. The molecule has 1 aliphatic rings. The summed E-state index contributed by atoms with van der Waals surface area (Å²) in [5.41, 5.74) is 3.66. The molecule has 1 amide bonds. The zero-order valence-corrected chi connectivity index (χ0v) is 15.2. The van der Waals surface area contributed by atoms with Crippen molar-refractivity contribution in [3.63, 3.8) is 0 Å². The summed E-state index contributed by atoms with van der Waals surface area (Å²) in [4.78, 5) is 24.5. The second kappa shape index (κ2) is 6.67. The van der Waals surface area contributed by atoms with Gasteiger partial charge in [0.15, 0.2) is 0 Å². The molecule has 5 heteroatoms. The van der Waals surface area contributed by atoms with Crippen molar-refractivity contribution in [3.8, 4) is 0 Å². The number of carbonyl (C=O) groups is 2. The Kier molecular flexibility index (Phi) is 5.02. The van der Waals surface area contributed by atoms with Gasteiger partial charge in [0.1, 0.15) is 5.76 Å². The number of amides is 1. The summed E-state index contributed by atoms with van der Waals surface area (Å²) in [6.45, 7) is 11.6. The Morgan fingerprint density at radius 3 is 2.46 bits per heavy atom. The zero-order valence-electron chi connectivity index (χ0n) is 15.2. The van der Waals surface area contributed by atoms with E-state index in [0.717, 1.165) is 28.7 Å². The fourth-order valence-corrected chi connectivity index (χ4v) is 3.15. The van der Waals surface area contributed by atoms with Crippen LogP contribution in [0.3, 0.4) is 0 Å². The monoisotopic (exact) mass is 331 g/mol. The third-order valence-electron chi connectivity index (χ3n) is 4.09. The lowest BCUT2D eigenvalue weighted by Gasteiger charge is -2.21. The van der Waals surface area contributed by atoms with Gasteiger partial charge in [0, 0.05) is 0 Å². The minimum Gasteiger partial charge on any atom is -0.434 e. The van der Waals surface area contributed by atoms with Crippen LogP contribution in [0.1, 0.15) is 49.9 Å². The largest absolute Gasteiger partial charge is 0.513 e. The highest BCUT2D eigenvalue weighted by Gasteiger charge is 2.42. The third-order valence-corrected chi connectivity index (χ3v) is 4.09. The van der Waals surface area contributed by atoms with E-state index in [-0.39, 0.29) is 12.5 Å². The molecule has 0 spiro atoms. The molecule has 0 fully saturated rings. The van der Waals surface area contributed by atoms with E-state index in [2.05, 4.69) is 11.4 Å². The molecule has 0 atom stereocenters. The van der Waals surface area contributed by atoms with Crippen molar-refractivity contribution >= 4 is 17.6 Å². The lowest BCUT2D eigenvalue weighted by atomic mass is 9.90. The van der Waals surface area contributed by atoms with Gasteiger partial charge >= 0.3 is 6.16 Å². The van der Waals surface area contributed by atoms with Gasteiger partial charge in [-0.05, 0) is 57.7 Å². The maximum atomic E-state index is 12.6. The maximum Gasteiger partial charge on any atom is 0.513 e. The summed E-state index contributed by atoms with van der Waals surface area (Å²) >= 11 is 0. The van der Waals surface area contributed by atoms with Gasteiger partial charge in [-0.25, -0.2) is 4.79 Å². The normalized spacial score (nSPS) is 16.2. The molecule has 5 nitrogen and oxygen atoms in total. The minimum absolute atomic E-state index is 0.215. The van der Waals surface area contributed by atoms with Crippen molar-refractivity contribution in [1.29, 1.82) is 0 Å². The molecule has 1 aromatic rings. The number of aryl methyl sites for hydroxylation is 3. The maximum absolute atomic E-state index is 12.6. The van der Waals surface area contributed by atoms with Crippen LogP contribution in [0.25, 0.3) is 5.57 Å². The summed E-state index contributed by atoms with van der Waals surface area (Å²) in [6, 6.07) is 4.10. The molecule has 130 valence electrons. The van der Waals surface area contributed by atoms with Gasteiger partial charge in [-0.3, -0.25) is 4.79 Å². The number of rotatable bonds is 4. The molecule has 2 rings (SSSR count). The van der Waals surface area contributed by atoms with Gasteiger partial charge in [0.05, 0.1) is 17.7 Å². The van der Waals surface area contributed by atoms with E-state index in [0.29, 0.717) is 11.3 Å². The van der Waals surface area contributed by atoms with Crippen LogP contribution in [0, 0.1) is 13.8 Å². The summed E-state index contributed by atoms with van der Waals surface area (Å²) < 4.78 is 10.3. The first-order valence-corrected chi connectivity index (χ1v) is 8.23. The number of ether oxygens (including phenoxy) is 2. The number of hydrogen-bond donors (Lipinski definition) is 1. The van der Waals surface area contributed by atoms with E-state index in [1.807, 2.05) is 40.7 Å². The summed E-state index contributed by atoms with van der Waals surface area (Å²) in [5.74, 6) is 0.0774. The molecule has 1 aromatic carbocycles. The predicted octanol–water partition coefficient (Wildman–Crippen LogP) is 3.66. The standard InChI is InChI=1S/C19H25NO4/c1-7-13-10-11(3)9-12(4)14(13)15-16(24-18(22)23-8-2)19(5,6)20-17(15)21/h9-10H,7-8H2,1-6H3,(H,20,21). The van der Waals surface area contributed by atoms with Crippen LogP contribution in [0.4, 0.5) is 4.79 Å². The van der Waals surface area contributed by atoms with Crippen molar-refractivity contribution in [2.24, 2.45) is 0 Å². The first-order valence-electron chi connectivity index (χ1n) is 8.23. The van der Waals surface area contributed by atoms with Crippen LogP contribution in [-0.2, 0) is 20.7 Å². The Hall–Kier alpha value is -2.30. The molecule has 0 radical (unpaired) electrons. The summed E-state index contributed by atoms with van der Waals surface area (Å²) in [7, 11) is 0. The number of benzene rings is 1. The Labute approximate surface area is 143 Å². The van der Waals surface area contributed by atoms with Crippen LogP contribution in [0.2, 0.25) is 0 Å². The van der Waals surface area contributed by atoms with Gasteiger partial charge < -0.3 is 14.8 Å². The van der Waals surface area contributed by atoms with Crippen LogP contribution in [-0.4, -0.2) is 24.2 Å². The lowest BCUT2D eigenvalue weighted by molar-refractivity contribution is -0.115. The molecule has 1 N–H and O–H groups in total. The Morgan fingerprint density at radius 1 is 1.21 bits per heavy atom. The number of nitrogens with one attached hydrogen (secondary N) is 1. The average molecular weight is 331 g/mol. The fourth-order valence-electron chi connectivity index (χ4n) is 3.15. The first-order chi connectivity index (χ1) is 11.2. The summed E-state index contributed by atoms with van der Waals surface area (Å²) in [6.07, 6.45) is -0.0146. The molecule has 0 saturated carbocycles. The lowest BCUT2D eigenvalue weighted by Crippen LogP contribution is -2.39. The van der Waals surface area contributed by atoms with Crippen molar-refractivity contribution < 1.29 is 19.1 Å². The Morgan fingerprint density at radius 2 is 1.88 bits per heavy atom. The molecule has 0 bridgehead atoms. The van der Waals surface area contributed by atoms with Crippen LogP contribution in [0.15, 0.2) is 17.9 Å². The molecule has 24 heavy (non-hydrogen) atoms. The van der Waals surface area contributed by atoms with E-state index < -0.39 is 11.7 Å². The molecular weight excluding hydrogens is 306 g/mol. The topological polar surface area (TPSA) is 64.6 Å². The van der Waals surface area contributed by atoms with E-state index in [1.54, 1.807) is 6.92 Å². The van der Waals surface area contributed by atoms with Gasteiger partial charge in [-0.15, -0.1) is 0 Å². The van der Waals surface area contributed by atoms with Crippen LogP contribution >= 0.6 is 0 Å². The van der Waals surface area contributed by atoms with Gasteiger partial charge in [0.25, 0.3) is 5.91 Å². The molecule has 1 aliphatic heterocycles. The van der Waals surface area contributed by atoms with E-state index in [4.69, 9.17) is 9.47 Å². The SMILES string of the molecule is CCOC(=O)OC1=C(c2c(C)cc(C)cc2CC)C(=O)NC1(C)C. The van der Waals surface area contributed by atoms with Crippen molar-refractivity contribution in [1.82, 2.24) is 5.32 Å². The van der Waals surface area contributed by atoms with E-state index >= 15 is 0 Å². The van der Waals surface area contributed by atoms with E-state index in [9.17, 15) is 9.59 Å². The first kappa shape index (κ1) is 18.0. The van der Waals surface area contributed by atoms with Gasteiger partial charge in [-0.2, -0.15) is 0 Å². The highest BCUT2D eigenvalue weighted by molar-refractivity contribution is 6.24. The van der Waals surface area contributed by atoms with Crippen molar-refractivity contribution in [2.75, 3.05) is 6.61 Å². The molecule has 0 saturated heterocycles. The highest BCUT2D eigenvalue weighted by atomic mass is 16.7. The van der Waals surface area contributed by atoms with Crippen LogP contribution < -0.4 is 5.32 Å². The molecule has 0 aromatic heterocycles. The van der Waals surface area contributed by atoms with E-state index in [1.165, 1.54) is 0 Å². The molecular formula is C19H25NO4. The Bertz CT molecular complexity index is 716. The zero-order chi connectivity index (χ0) is 18.1. The van der Waals surface area contributed by atoms with Crippen molar-refractivity contribution in [2.45, 2.75) is 53.5 Å². The fraction of sp³-hybridized carbons (Fsp3) is 0.474. The van der Waals surface area contributed by atoms with Gasteiger partial charge in [0.2, 0.25) is 0 Å². The van der Waals surface area contributed by atoms with Gasteiger partial charge in [-0.1, -0.05) is 24.6 Å². The predicted molar refractivity (Wildman–Crippen MR) is 92.5 cm³/mol. The third kappa shape index (κ3) is 3.30. The number of hydrogen-bond acceptors (Lipinski definition) is 4. The quantitative estimate of drug-likeness (QED) is 0.855. The summed E-state index contributed by atoms with van der Waals surface area (Å²) in [5, 5.41) is 2.89. The second-order valence-electron chi connectivity index (χ2n) is 6.54. The Balaban J connectivity index is 2.67. The molecule has 0 unspecified atom stereocenters. The minimum atomic E-state index is -0.794. The second-order valence-corrected chi connectivity index (χ2v) is 6.54. The highest BCUT2D eigenvalue weighted by Crippen LogP contribution is 2.37. The molecule has 0 aliphatic carbocycles. The molecule has 1 heterocycles. The number of carbonyl (C=O) groups excluding carboxylic acids is 2. The van der Waals surface area contributed by atoms with Crippen LogP contribution in [0.5, 0.6) is 0 Å².